The highest BCUT2D eigenvalue weighted by molar-refractivity contribution is 7.80. The number of hydrazine groups is 1. The van der Waals surface area contributed by atoms with Crippen LogP contribution in [0.3, 0.4) is 0 Å². The van der Waals surface area contributed by atoms with Crippen molar-refractivity contribution in [2.24, 2.45) is 0 Å². The van der Waals surface area contributed by atoms with Crippen LogP contribution in [0.15, 0.2) is 91.3 Å². The number of hydrogen-bond acceptors (Lipinski definition) is 5. The van der Waals surface area contributed by atoms with Gasteiger partial charge >= 0.3 is 0 Å². The molecule has 3 N–H and O–H groups in total. The van der Waals surface area contributed by atoms with E-state index in [1.807, 2.05) is 42.5 Å². The van der Waals surface area contributed by atoms with Crippen LogP contribution in [0.4, 0.5) is 0 Å². The molecule has 2 heterocycles. The van der Waals surface area contributed by atoms with Crippen LogP contribution in [0.5, 0.6) is 0 Å². The Kier molecular flexibility index (Phi) is 6.87. The lowest BCUT2D eigenvalue weighted by Crippen LogP contribution is -2.53. The molecule has 9 heteroatoms. The van der Waals surface area contributed by atoms with Crippen molar-refractivity contribution < 1.29 is 14.4 Å². The first-order chi connectivity index (χ1) is 18.0. The molecule has 3 amide bonds. The van der Waals surface area contributed by atoms with Crippen LogP contribution in [0.1, 0.15) is 36.6 Å². The van der Waals surface area contributed by atoms with E-state index in [1.165, 1.54) is 4.90 Å². The van der Waals surface area contributed by atoms with Gasteiger partial charge in [0.2, 0.25) is 0 Å². The largest absolute Gasteiger partial charge is 0.356 e. The summed E-state index contributed by atoms with van der Waals surface area (Å²) in [6.45, 7) is 0.107. The summed E-state index contributed by atoms with van der Waals surface area (Å²) in [7, 11) is 0. The van der Waals surface area contributed by atoms with Crippen LogP contribution >= 0.6 is 12.2 Å². The predicted octanol–water partition coefficient (Wildman–Crippen LogP) is 3.25. The number of nitrogens with zero attached hydrogens (tertiary/aromatic N) is 2. The van der Waals surface area contributed by atoms with Crippen LogP contribution in [-0.4, -0.2) is 45.3 Å². The minimum absolute atomic E-state index is 0.107. The van der Waals surface area contributed by atoms with Crippen molar-refractivity contribution in [3.63, 3.8) is 0 Å². The van der Waals surface area contributed by atoms with Crippen molar-refractivity contribution >= 4 is 45.8 Å². The zero-order valence-electron chi connectivity index (χ0n) is 19.7. The second-order valence-corrected chi connectivity index (χ2v) is 9.05. The number of thiocarbonyl (C=S) groups is 1. The summed E-state index contributed by atoms with van der Waals surface area (Å²) >= 11 is 5.43. The molecule has 0 unspecified atom stereocenters. The number of amides is 3. The number of benzene rings is 3. The fourth-order valence-electron chi connectivity index (χ4n) is 4.32. The number of aromatic nitrogens is 1. The van der Waals surface area contributed by atoms with Gasteiger partial charge in [0, 0.05) is 29.9 Å². The monoisotopic (exact) mass is 509 g/mol. The maximum absolute atomic E-state index is 12.9. The molecule has 0 aliphatic carbocycles. The average Bonchev–Trinajstić information content (AvgIpc) is 3.17. The molecule has 1 aromatic heterocycles. The molecule has 5 rings (SSSR count). The van der Waals surface area contributed by atoms with Crippen LogP contribution in [-0.2, 0) is 6.42 Å². The number of imide groups is 1. The minimum Gasteiger partial charge on any atom is -0.356 e. The van der Waals surface area contributed by atoms with E-state index in [0.717, 1.165) is 16.3 Å². The van der Waals surface area contributed by atoms with Crippen molar-refractivity contribution in [1.82, 2.24) is 26.1 Å². The first-order valence-electron chi connectivity index (χ1n) is 11.7. The average molecular weight is 510 g/mol. The van der Waals surface area contributed by atoms with E-state index in [0.29, 0.717) is 23.1 Å². The quantitative estimate of drug-likeness (QED) is 0.208. The number of fused-ring (bicyclic) bond motifs is 2. The third-order valence-electron chi connectivity index (χ3n) is 6.13. The van der Waals surface area contributed by atoms with E-state index >= 15 is 0 Å². The number of carbonyl (C=O) groups excluding carboxylic acids is 3. The van der Waals surface area contributed by atoms with Crippen molar-refractivity contribution in [3.8, 4) is 0 Å². The summed E-state index contributed by atoms with van der Waals surface area (Å²) < 4.78 is 0. The van der Waals surface area contributed by atoms with Crippen LogP contribution in [0.25, 0.3) is 10.8 Å². The lowest BCUT2D eigenvalue weighted by atomic mass is 10.1. The fourth-order valence-corrected chi connectivity index (χ4v) is 4.53. The molecule has 0 spiro atoms. The van der Waals surface area contributed by atoms with Gasteiger partial charge in [-0.1, -0.05) is 48.5 Å². The first kappa shape index (κ1) is 24.1. The smallest absolute Gasteiger partial charge is 0.269 e. The second-order valence-electron chi connectivity index (χ2n) is 8.64. The summed E-state index contributed by atoms with van der Waals surface area (Å²) in [4.78, 5) is 43.8. The summed E-state index contributed by atoms with van der Waals surface area (Å²) in [5.41, 5.74) is 7.59. The molecule has 0 bridgehead atoms. The highest BCUT2D eigenvalue weighted by Crippen LogP contribution is 2.23. The van der Waals surface area contributed by atoms with E-state index in [1.54, 1.807) is 48.8 Å². The topological polar surface area (TPSA) is 103 Å². The molecule has 1 atom stereocenters. The van der Waals surface area contributed by atoms with Crippen LogP contribution in [0.2, 0.25) is 0 Å². The van der Waals surface area contributed by atoms with Gasteiger partial charge in [0.15, 0.2) is 5.11 Å². The van der Waals surface area contributed by atoms with Gasteiger partial charge in [-0.25, -0.2) is 0 Å². The van der Waals surface area contributed by atoms with E-state index in [2.05, 4.69) is 21.2 Å². The molecule has 0 fully saturated rings. The Balaban J connectivity index is 1.26. The molecule has 0 saturated carbocycles. The van der Waals surface area contributed by atoms with E-state index < -0.39 is 6.04 Å². The molecule has 0 saturated heterocycles. The molecule has 8 nitrogen and oxygen atoms in total. The Labute approximate surface area is 218 Å². The molecule has 1 aliphatic rings. The Hall–Kier alpha value is -4.63. The Morgan fingerprint density at radius 3 is 2.30 bits per heavy atom. The van der Waals surface area contributed by atoms with Gasteiger partial charge in [-0.2, -0.15) is 0 Å². The number of nitrogens with one attached hydrogen (secondary N) is 3. The van der Waals surface area contributed by atoms with Gasteiger partial charge in [-0.3, -0.25) is 35.1 Å². The highest BCUT2D eigenvalue weighted by atomic mass is 32.1. The first-order valence-corrected chi connectivity index (χ1v) is 12.1. The lowest BCUT2D eigenvalue weighted by Gasteiger charge is -2.25. The van der Waals surface area contributed by atoms with Gasteiger partial charge in [0.05, 0.1) is 17.2 Å². The standard InChI is InChI=1S/C28H23N5O3S/c34-25(20-10-11-21-16-29-13-12-19(21)15-20)31-32-28(37)30-22(14-18-6-2-1-3-7-18)17-33-26(35)23-8-4-5-9-24(23)27(33)36/h1-13,15-16,22H,14,17H2,(H,31,34)(H2,30,32,37)/t22-/m1/s1. The number of rotatable bonds is 6. The maximum Gasteiger partial charge on any atom is 0.269 e. The molecule has 37 heavy (non-hydrogen) atoms. The Morgan fingerprint density at radius 2 is 1.57 bits per heavy atom. The molecule has 3 aromatic carbocycles. The zero-order valence-corrected chi connectivity index (χ0v) is 20.5. The summed E-state index contributed by atoms with van der Waals surface area (Å²) in [6.07, 6.45) is 3.90. The minimum atomic E-state index is -0.394. The number of hydrogen-bond donors (Lipinski definition) is 3. The fraction of sp³-hybridized carbons (Fsp3) is 0.107. The zero-order chi connectivity index (χ0) is 25.8. The van der Waals surface area contributed by atoms with E-state index in [9.17, 15) is 14.4 Å². The predicted molar refractivity (Wildman–Crippen MR) is 144 cm³/mol. The lowest BCUT2D eigenvalue weighted by molar-refractivity contribution is 0.0641. The Bertz CT molecular complexity index is 1470. The Morgan fingerprint density at radius 1 is 0.865 bits per heavy atom. The van der Waals surface area contributed by atoms with Crippen molar-refractivity contribution in [3.05, 3.63) is 114 Å². The second kappa shape index (κ2) is 10.5. The maximum atomic E-state index is 12.9. The van der Waals surface area contributed by atoms with E-state index in [-0.39, 0.29) is 29.4 Å². The number of carbonyl (C=O) groups is 3. The summed E-state index contributed by atoms with van der Waals surface area (Å²) in [5, 5.41) is 5.14. The van der Waals surface area contributed by atoms with Crippen molar-refractivity contribution in [1.29, 1.82) is 0 Å². The SMILES string of the molecule is O=C(NNC(=S)N[C@H](Cc1ccccc1)CN1C(=O)c2ccccc2C1=O)c1ccc2cnccc2c1. The molecular formula is C28H23N5O3S. The van der Waals surface area contributed by atoms with Gasteiger partial charge < -0.3 is 5.32 Å². The van der Waals surface area contributed by atoms with Crippen molar-refractivity contribution in [2.75, 3.05) is 6.54 Å². The third-order valence-corrected chi connectivity index (χ3v) is 6.35. The van der Waals surface area contributed by atoms with Gasteiger partial charge in [-0.15, -0.1) is 0 Å². The van der Waals surface area contributed by atoms with Crippen LogP contribution in [0, 0.1) is 0 Å². The number of pyridine rings is 1. The van der Waals surface area contributed by atoms with Gasteiger partial charge in [0.1, 0.15) is 0 Å². The highest BCUT2D eigenvalue weighted by Gasteiger charge is 2.36. The van der Waals surface area contributed by atoms with Gasteiger partial charge in [-0.05, 0) is 59.9 Å². The van der Waals surface area contributed by atoms with Crippen LogP contribution < -0.4 is 16.2 Å². The van der Waals surface area contributed by atoms with E-state index in [4.69, 9.17) is 12.2 Å². The van der Waals surface area contributed by atoms with Crippen molar-refractivity contribution in [2.45, 2.75) is 12.5 Å². The molecule has 1 aliphatic heterocycles. The summed E-state index contributed by atoms with van der Waals surface area (Å²) in [5.74, 6) is -1.03. The van der Waals surface area contributed by atoms with Gasteiger partial charge in [0.25, 0.3) is 17.7 Å². The molecule has 184 valence electrons. The molecule has 0 radical (unpaired) electrons. The third kappa shape index (κ3) is 5.31. The summed E-state index contributed by atoms with van der Waals surface area (Å²) in [6, 6.07) is 23.2. The molecule has 4 aromatic rings. The normalized spacial score (nSPS) is 13.2. The molecular weight excluding hydrogens is 486 g/mol.